The molecule has 3 rings (SSSR count). The second-order valence-corrected chi connectivity index (χ2v) is 9.00. The van der Waals surface area contributed by atoms with Crippen molar-refractivity contribution in [2.24, 2.45) is 0 Å². The molecule has 2 N–H and O–H groups in total. The molecule has 0 bridgehead atoms. The largest absolute Gasteiger partial charge is 0.460 e. The van der Waals surface area contributed by atoms with Crippen LogP contribution in [0.15, 0.2) is 42.7 Å². The van der Waals surface area contributed by atoms with Gasteiger partial charge in [-0.05, 0) is 57.7 Å². The summed E-state index contributed by atoms with van der Waals surface area (Å²) >= 11 is 5.82. The van der Waals surface area contributed by atoms with Gasteiger partial charge in [0.25, 0.3) is 0 Å². The van der Waals surface area contributed by atoms with Gasteiger partial charge in [-0.25, -0.2) is 15.0 Å². The maximum absolute atomic E-state index is 11.8. The zero-order valence-corrected chi connectivity index (χ0v) is 19.8. The van der Waals surface area contributed by atoms with Gasteiger partial charge >= 0.3 is 5.97 Å². The van der Waals surface area contributed by atoms with E-state index in [2.05, 4.69) is 19.9 Å². The van der Waals surface area contributed by atoms with E-state index in [1.807, 2.05) is 45.0 Å². The molecule has 0 radical (unpaired) electrons. The third-order valence-corrected chi connectivity index (χ3v) is 4.66. The van der Waals surface area contributed by atoms with Crippen molar-refractivity contribution in [3.05, 3.63) is 64.8 Å². The van der Waals surface area contributed by atoms with E-state index < -0.39 is 5.60 Å². The highest BCUT2D eigenvalue weighted by Crippen LogP contribution is 2.22. The van der Waals surface area contributed by atoms with Gasteiger partial charge < -0.3 is 15.2 Å². The van der Waals surface area contributed by atoms with Crippen LogP contribution < -0.4 is 10.5 Å². The smallest absolute Gasteiger partial charge is 0.306 e. The first-order chi connectivity index (χ1) is 15.7. The van der Waals surface area contributed by atoms with E-state index in [1.54, 1.807) is 18.5 Å². The van der Waals surface area contributed by atoms with Crippen LogP contribution in [0.1, 0.15) is 50.7 Å². The Hall–Kier alpha value is -3.26. The van der Waals surface area contributed by atoms with Crippen molar-refractivity contribution in [2.75, 3.05) is 5.73 Å². The predicted octanol–water partition coefficient (Wildman–Crippen LogP) is 4.74. The molecule has 0 amide bonds. The molecule has 0 saturated heterocycles. The zero-order chi connectivity index (χ0) is 23.8. The van der Waals surface area contributed by atoms with Gasteiger partial charge in [0.2, 0.25) is 11.8 Å². The maximum atomic E-state index is 11.8. The highest BCUT2D eigenvalue weighted by Gasteiger charge is 2.15. The number of halogens is 1. The number of anilines is 1. The molecule has 0 saturated carbocycles. The number of hydrogen-bond acceptors (Lipinski definition) is 8. The molecule has 0 spiro atoms. The van der Waals surface area contributed by atoms with Crippen LogP contribution in [0.5, 0.6) is 11.6 Å². The van der Waals surface area contributed by atoms with E-state index in [4.69, 9.17) is 26.8 Å². The number of ether oxygens (including phenoxy) is 2. The van der Waals surface area contributed by atoms with E-state index in [0.717, 1.165) is 24.1 Å². The Morgan fingerprint density at radius 3 is 2.39 bits per heavy atom. The van der Waals surface area contributed by atoms with Crippen LogP contribution in [-0.2, 0) is 28.8 Å². The minimum atomic E-state index is -0.454. The van der Waals surface area contributed by atoms with Gasteiger partial charge in [-0.15, -0.1) is 0 Å². The molecule has 0 aliphatic heterocycles. The Morgan fingerprint density at radius 2 is 1.73 bits per heavy atom. The fraction of sp³-hybridized carbons (Fsp3) is 0.375. The molecule has 0 fully saturated rings. The summed E-state index contributed by atoms with van der Waals surface area (Å²) in [6.45, 7) is 5.60. The van der Waals surface area contributed by atoms with Crippen molar-refractivity contribution >= 4 is 23.5 Å². The maximum Gasteiger partial charge on any atom is 0.306 e. The lowest BCUT2D eigenvalue weighted by molar-refractivity contribution is -0.154. The first-order valence-corrected chi connectivity index (χ1v) is 11.1. The van der Waals surface area contributed by atoms with Gasteiger partial charge in [-0.1, -0.05) is 23.7 Å². The fourth-order valence-corrected chi connectivity index (χ4v) is 3.15. The molecule has 8 nitrogen and oxygen atoms in total. The van der Waals surface area contributed by atoms with Crippen LogP contribution in [0.2, 0.25) is 5.02 Å². The zero-order valence-electron chi connectivity index (χ0n) is 19.0. The number of esters is 1. The van der Waals surface area contributed by atoms with E-state index in [1.165, 1.54) is 0 Å². The molecule has 0 aliphatic carbocycles. The number of rotatable bonds is 9. The Labute approximate surface area is 198 Å². The number of nitrogens with two attached hydrogens (primary N) is 1. The molecule has 0 aliphatic rings. The summed E-state index contributed by atoms with van der Waals surface area (Å²) in [6, 6.07) is 9.41. The molecule has 2 heterocycles. The summed E-state index contributed by atoms with van der Waals surface area (Å²) in [4.78, 5) is 28.6. The normalized spacial score (nSPS) is 11.3. The van der Waals surface area contributed by atoms with Crippen LogP contribution in [0.4, 0.5) is 5.95 Å². The molecule has 33 heavy (non-hydrogen) atoms. The molecular weight excluding hydrogens is 442 g/mol. The minimum absolute atomic E-state index is 0.137. The van der Waals surface area contributed by atoms with Gasteiger partial charge in [-0.3, -0.25) is 4.79 Å². The summed E-state index contributed by atoms with van der Waals surface area (Å²) in [6.07, 6.45) is 6.18. The van der Waals surface area contributed by atoms with Crippen molar-refractivity contribution < 1.29 is 14.3 Å². The van der Waals surface area contributed by atoms with Gasteiger partial charge in [0.1, 0.15) is 17.2 Å². The number of nitrogen functional groups attached to an aromatic ring is 1. The van der Waals surface area contributed by atoms with E-state index >= 15 is 0 Å². The monoisotopic (exact) mass is 469 g/mol. The Bertz CT molecular complexity index is 1070. The topological polar surface area (TPSA) is 113 Å². The van der Waals surface area contributed by atoms with E-state index in [9.17, 15) is 4.79 Å². The van der Waals surface area contributed by atoms with Crippen molar-refractivity contribution in [3.8, 4) is 11.6 Å². The van der Waals surface area contributed by atoms with Crippen LogP contribution in [0, 0.1) is 0 Å². The first-order valence-electron chi connectivity index (χ1n) is 10.7. The lowest BCUT2D eigenvalue weighted by Crippen LogP contribution is -2.23. The van der Waals surface area contributed by atoms with Crippen LogP contribution >= 0.6 is 11.6 Å². The van der Waals surface area contributed by atoms with Crippen LogP contribution in [-0.4, -0.2) is 31.5 Å². The van der Waals surface area contributed by atoms with Crippen LogP contribution in [0.25, 0.3) is 0 Å². The number of nitrogens with zero attached hydrogens (tertiary/aromatic N) is 4. The number of hydrogen-bond donors (Lipinski definition) is 1. The Balaban J connectivity index is 1.52. The summed E-state index contributed by atoms with van der Waals surface area (Å²) in [7, 11) is 0. The minimum Gasteiger partial charge on any atom is -0.460 e. The standard InChI is InChI=1S/C24H28ClN5O3/c1-24(2,3)33-22(31)6-4-5-16-7-10-19(11-8-16)32-21-13-18(29-23(26)30-21)9-12-20-27-14-17(25)15-28-20/h7-8,10-11,13-15H,4-6,9,12H2,1-3H3,(H2,26,29,30). The molecular formula is C24H28ClN5O3. The second-order valence-electron chi connectivity index (χ2n) is 8.56. The van der Waals surface area contributed by atoms with Crippen molar-refractivity contribution in [1.29, 1.82) is 0 Å². The van der Waals surface area contributed by atoms with Crippen molar-refractivity contribution in [1.82, 2.24) is 19.9 Å². The molecule has 3 aromatic rings. The quantitative estimate of drug-likeness (QED) is 0.447. The molecule has 0 atom stereocenters. The third kappa shape index (κ3) is 8.65. The number of aryl methyl sites for hydroxylation is 3. The van der Waals surface area contributed by atoms with Gasteiger partial charge in [0.05, 0.1) is 10.7 Å². The average molecular weight is 470 g/mol. The molecule has 2 aromatic heterocycles. The van der Waals surface area contributed by atoms with Gasteiger partial charge in [0.15, 0.2) is 0 Å². The van der Waals surface area contributed by atoms with E-state index in [-0.39, 0.29) is 11.9 Å². The molecule has 174 valence electrons. The second kappa shape index (κ2) is 11.0. The van der Waals surface area contributed by atoms with Crippen molar-refractivity contribution in [3.63, 3.8) is 0 Å². The highest BCUT2D eigenvalue weighted by molar-refractivity contribution is 6.30. The SMILES string of the molecule is CC(C)(C)OC(=O)CCCc1ccc(Oc2cc(CCc3ncc(Cl)cn3)nc(N)n2)cc1. The van der Waals surface area contributed by atoms with Crippen LogP contribution in [0.3, 0.4) is 0 Å². The molecule has 0 unspecified atom stereocenters. The number of benzene rings is 1. The summed E-state index contributed by atoms with van der Waals surface area (Å²) in [5, 5.41) is 0.495. The van der Waals surface area contributed by atoms with E-state index in [0.29, 0.717) is 41.7 Å². The van der Waals surface area contributed by atoms with Gasteiger partial charge in [0, 0.05) is 31.3 Å². The Morgan fingerprint density at radius 1 is 1.03 bits per heavy atom. The summed E-state index contributed by atoms with van der Waals surface area (Å²) < 4.78 is 11.2. The third-order valence-electron chi connectivity index (χ3n) is 4.46. The highest BCUT2D eigenvalue weighted by atomic mass is 35.5. The Kier molecular flexibility index (Phi) is 8.16. The molecule has 1 aromatic carbocycles. The van der Waals surface area contributed by atoms with Gasteiger partial charge in [-0.2, -0.15) is 4.98 Å². The number of carbonyl (C=O) groups is 1. The molecule has 9 heteroatoms. The van der Waals surface area contributed by atoms with Crippen molar-refractivity contribution in [2.45, 2.75) is 58.5 Å². The fourth-order valence-electron chi connectivity index (χ4n) is 3.05. The lowest BCUT2D eigenvalue weighted by atomic mass is 10.1. The predicted molar refractivity (Wildman–Crippen MR) is 126 cm³/mol. The number of carbonyl (C=O) groups excluding carboxylic acids is 1. The number of aromatic nitrogens is 4. The first kappa shape index (κ1) is 24.4. The lowest BCUT2D eigenvalue weighted by Gasteiger charge is -2.19. The summed E-state index contributed by atoms with van der Waals surface area (Å²) in [5.41, 5.74) is 7.24. The average Bonchev–Trinajstić information content (AvgIpc) is 2.73. The summed E-state index contributed by atoms with van der Waals surface area (Å²) in [5.74, 6) is 1.63.